The summed E-state index contributed by atoms with van der Waals surface area (Å²) < 4.78 is 43.7. The summed E-state index contributed by atoms with van der Waals surface area (Å²) >= 11 is 5.64. The minimum atomic E-state index is -4.81. The maximum Gasteiger partial charge on any atom is 0.510 e. The van der Waals surface area contributed by atoms with E-state index in [1.54, 1.807) is 7.05 Å². The van der Waals surface area contributed by atoms with E-state index in [1.165, 1.54) is 12.1 Å². The van der Waals surface area contributed by atoms with E-state index in [0.717, 1.165) is 18.9 Å². The van der Waals surface area contributed by atoms with Crippen LogP contribution in [-0.4, -0.2) is 59.5 Å². The highest BCUT2D eigenvalue weighted by Gasteiger charge is 2.56. The number of rotatable bonds is 9. The van der Waals surface area contributed by atoms with Gasteiger partial charge in [0.25, 0.3) is 5.91 Å². The molecule has 11 nitrogen and oxygen atoms in total. The Hall–Kier alpha value is -1.95. The molecule has 2 bridgehead atoms. The third-order valence-electron chi connectivity index (χ3n) is 6.11. The van der Waals surface area contributed by atoms with Crippen molar-refractivity contribution in [3.8, 4) is 5.75 Å². The molecule has 3 fully saturated rings. The van der Waals surface area contributed by atoms with Gasteiger partial charge in [-0.1, -0.05) is 11.6 Å². The van der Waals surface area contributed by atoms with Gasteiger partial charge < -0.3 is 34.6 Å². The Kier molecular flexibility index (Phi) is 7.87. The van der Waals surface area contributed by atoms with Crippen LogP contribution in [0.5, 0.6) is 5.75 Å². The lowest BCUT2D eigenvalue weighted by Crippen LogP contribution is -2.70. The lowest BCUT2D eigenvalue weighted by molar-refractivity contribution is -0.135. The summed E-state index contributed by atoms with van der Waals surface area (Å²) in [7, 11) is -3.00. The standard InChI is InChI=1S/C19H25ClFN2O9P/c1-22-18-4-6-19(7-5-18,15(9-18)32-17(25)30-11-31-33(26,27)28)23-16(24)10-29-12-2-3-13(20)14(21)8-12/h2-3,8,15,22H,4-7,9-11H2,1H3,(H,23,24)(H2,26,27,28). The quantitative estimate of drug-likeness (QED) is 0.221. The molecule has 0 radical (unpaired) electrons. The van der Waals surface area contributed by atoms with Gasteiger partial charge in [0.05, 0.1) is 10.6 Å². The molecule has 1 aromatic rings. The minimum Gasteiger partial charge on any atom is -0.484 e. The number of phosphoric acid groups is 1. The van der Waals surface area contributed by atoms with Gasteiger partial charge in [-0.2, -0.15) is 0 Å². The van der Waals surface area contributed by atoms with Gasteiger partial charge in [-0.3, -0.25) is 4.79 Å². The van der Waals surface area contributed by atoms with E-state index >= 15 is 0 Å². The Morgan fingerprint density at radius 1 is 1.27 bits per heavy atom. The molecule has 1 unspecified atom stereocenters. The van der Waals surface area contributed by atoms with Gasteiger partial charge >= 0.3 is 14.0 Å². The van der Waals surface area contributed by atoms with Crippen LogP contribution < -0.4 is 15.4 Å². The van der Waals surface area contributed by atoms with Gasteiger partial charge in [-0.25, -0.2) is 18.3 Å². The Morgan fingerprint density at radius 3 is 2.58 bits per heavy atom. The van der Waals surface area contributed by atoms with Crippen LogP contribution in [0.1, 0.15) is 32.1 Å². The van der Waals surface area contributed by atoms with Crippen molar-refractivity contribution in [2.45, 2.75) is 49.3 Å². The van der Waals surface area contributed by atoms with Gasteiger partial charge in [0.15, 0.2) is 6.61 Å². The zero-order chi connectivity index (χ0) is 24.3. The van der Waals surface area contributed by atoms with Gasteiger partial charge in [0.1, 0.15) is 17.7 Å². The molecular formula is C19H25ClFN2O9P. The van der Waals surface area contributed by atoms with Crippen molar-refractivity contribution in [1.82, 2.24) is 10.6 Å². The Labute approximate surface area is 194 Å². The molecule has 1 amide bonds. The largest absolute Gasteiger partial charge is 0.510 e. The van der Waals surface area contributed by atoms with E-state index in [2.05, 4.69) is 19.9 Å². The maximum absolute atomic E-state index is 13.6. The van der Waals surface area contributed by atoms with Crippen molar-refractivity contribution >= 4 is 31.5 Å². The van der Waals surface area contributed by atoms with E-state index in [1.807, 2.05) is 0 Å². The zero-order valence-electron chi connectivity index (χ0n) is 17.7. The topological polar surface area (TPSA) is 153 Å². The summed E-state index contributed by atoms with van der Waals surface area (Å²) in [5, 5.41) is 6.08. The molecule has 0 aromatic heterocycles. The van der Waals surface area contributed by atoms with E-state index in [-0.39, 0.29) is 16.3 Å². The van der Waals surface area contributed by atoms with Crippen LogP contribution in [0.25, 0.3) is 0 Å². The van der Waals surface area contributed by atoms with E-state index in [0.29, 0.717) is 19.3 Å². The summed E-state index contributed by atoms with van der Waals surface area (Å²) in [6.45, 7) is -1.38. The fourth-order valence-corrected chi connectivity index (χ4v) is 4.59. The fraction of sp³-hybridized carbons (Fsp3) is 0.579. The monoisotopic (exact) mass is 510 g/mol. The van der Waals surface area contributed by atoms with E-state index in [4.69, 9.17) is 30.9 Å². The van der Waals surface area contributed by atoms with E-state index in [9.17, 15) is 18.5 Å². The van der Waals surface area contributed by atoms with Gasteiger partial charge in [-0.15, -0.1) is 0 Å². The molecule has 0 heterocycles. The third-order valence-corrected chi connectivity index (χ3v) is 6.86. The molecule has 0 saturated heterocycles. The van der Waals surface area contributed by atoms with E-state index < -0.39 is 50.7 Å². The molecule has 1 aromatic carbocycles. The van der Waals surface area contributed by atoms with Crippen molar-refractivity contribution in [2.75, 3.05) is 20.4 Å². The molecule has 184 valence electrons. The smallest absolute Gasteiger partial charge is 0.484 e. The Balaban J connectivity index is 1.62. The Morgan fingerprint density at radius 2 is 1.97 bits per heavy atom. The number of halogens is 2. The number of ether oxygens (including phenoxy) is 3. The molecule has 3 aliphatic rings. The van der Waals surface area contributed by atoms with Crippen LogP contribution >= 0.6 is 19.4 Å². The van der Waals surface area contributed by atoms with Crippen LogP contribution in [0.3, 0.4) is 0 Å². The number of phosphoric ester groups is 1. The molecule has 33 heavy (non-hydrogen) atoms. The maximum atomic E-state index is 13.6. The van der Waals surface area contributed by atoms with Crippen LogP contribution in [0, 0.1) is 5.82 Å². The second-order valence-corrected chi connectivity index (χ2v) is 9.69. The van der Waals surface area contributed by atoms with Gasteiger partial charge in [0.2, 0.25) is 6.79 Å². The van der Waals surface area contributed by atoms with Gasteiger partial charge in [-0.05, 0) is 44.9 Å². The first-order chi connectivity index (χ1) is 15.5. The second-order valence-electron chi connectivity index (χ2n) is 8.04. The molecule has 1 atom stereocenters. The fourth-order valence-electron chi connectivity index (χ4n) is 4.29. The molecule has 0 spiro atoms. The number of amides is 1. The lowest BCUT2D eigenvalue weighted by Gasteiger charge is -2.56. The second kappa shape index (κ2) is 10.1. The average Bonchev–Trinajstić information content (AvgIpc) is 2.75. The minimum absolute atomic E-state index is 0.0683. The number of nitrogens with one attached hydrogen (secondary N) is 2. The van der Waals surface area contributed by atoms with Crippen molar-refractivity contribution in [1.29, 1.82) is 0 Å². The highest BCUT2D eigenvalue weighted by atomic mass is 35.5. The number of carbonyl (C=O) groups is 2. The summed E-state index contributed by atoms with van der Waals surface area (Å²) in [6.07, 6.45) is 0.896. The van der Waals surface area contributed by atoms with Crippen molar-refractivity contribution in [2.24, 2.45) is 0 Å². The summed E-state index contributed by atoms with van der Waals surface area (Å²) in [5.74, 6) is -1.03. The first-order valence-electron chi connectivity index (χ1n) is 10.1. The average molecular weight is 511 g/mol. The van der Waals surface area contributed by atoms with Crippen molar-refractivity contribution in [3.63, 3.8) is 0 Å². The predicted octanol–water partition coefficient (Wildman–Crippen LogP) is 2.24. The summed E-state index contributed by atoms with van der Waals surface area (Å²) in [6, 6.07) is 3.81. The van der Waals surface area contributed by atoms with Crippen LogP contribution in [0.2, 0.25) is 5.02 Å². The van der Waals surface area contributed by atoms with Gasteiger partial charge in [0, 0.05) is 18.0 Å². The molecular weight excluding hydrogens is 486 g/mol. The van der Waals surface area contributed by atoms with Crippen LogP contribution in [0.15, 0.2) is 18.2 Å². The SMILES string of the molecule is CNC12CCC(NC(=O)COc3ccc(Cl)c(F)c3)(CC1)C(OC(=O)OCOP(=O)(O)O)C2. The van der Waals surface area contributed by atoms with Crippen molar-refractivity contribution < 1.29 is 47.1 Å². The zero-order valence-corrected chi connectivity index (χ0v) is 19.4. The third kappa shape index (κ3) is 6.56. The molecule has 4 N–H and O–H groups in total. The highest BCUT2D eigenvalue weighted by Crippen LogP contribution is 2.48. The number of benzene rings is 1. The first kappa shape index (κ1) is 25.7. The molecule has 3 saturated carbocycles. The normalized spacial score (nSPS) is 26.5. The first-order valence-corrected chi connectivity index (χ1v) is 12.0. The number of carbonyl (C=O) groups excluding carboxylic acids is 2. The highest BCUT2D eigenvalue weighted by molar-refractivity contribution is 7.46. The lowest BCUT2D eigenvalue weighted by atomic mass is 9.60. The molecule has 0 aliphatic heterocycles. The van der Waals surface area contributed by atoms with Crippen molar-refractivity contribution in [3.05, 3.63) is 29.0 Å². The summed E-state index contributed by atoms with van der Waals surface area (Å²) in [4.78, 5) is 42.0. The Bertz CT molecular complexity index is 936. The van der Waals surface area contributed by atoms with Crippen LogP contribution in [-0.2, 0) is 23.4 Å². The number of hydrogen-bond acceptors (Lipinski definition) is 8. The van der Waals surface area contributed by atoms with Crippen LogP contribution in [0.4, 0.5) is 9.18 Å². The molecule has 4 rings (SSSR count). The predicted molar refractivity (Wildman–Crippen MR) is 112 cm³/mol. The molecule has 14 heteroatoms. The summed E-state index contributed by atoms with van der Waals surface area (Å²) in [5.41, 5.74) is -1.16. The number of hydrogen-bond donors (Lipinski definition) is 4. The number of fused-ring (bicyclic) bond motifs is 3. The molecule has 3 aliphatic carbocycles.